The van der Waals surface area contributed by atoms with Crippen molar-refractivity contribution in [3.05, 3.63) is 96.1 Å². The van der Waals surface area contributed by atoms with Gasteiger partial charge in [0.1, 0.15) is 5.82 Å². The van der Waals surface area contributed by atoms with E-state index < -0.39 is 5.97 Å². The summed E-state index contributed by atoms with van der Waals surface area (Å²) in [4.78, 5) is 42.2. The molecule has 0 radical (unpaired) electrons. The monoisotopic (exact) mass is 538 g/mol. The van der Waals surface area contributed by atoms with Gasteiger partial charge in [0.05, 0.1) is 24.5 Å². The van der Waals surface area contributed by atoms with Gasteiger partial charge in [-0.1, -0.05) is 48.5 Å². The second-order valence-corrected chi connectivity index (χ2v) is 8.84. The van der Waals surface area contributed by atoms with Crippen LogP contribution < -0.4 is 14.8 Å². The maximum absolute atomic E-state index is 12.9. The summed E-state index contributed by atoms with van der Waals surface area (Å²) >= 11 is 0. The summed E-state index contributed by atoms with van der Waals surface area (Å²) < 4.78 is 11.2. The number of carbonyl (C=O) groups excluding carboxylic acids is 2. The van der Waals surface area contributed by atoms with Gasteiger partial charge in [-0.2, -0.15) is 0 Å². The van der Waals surface area contributed by atoms with E-state index in [0.717, 1.165) is 5.56 Å². The first kappa shape index (κ1) is 28.0. The molecule has 0 aliphatic carbocycles. The van der Waals surface area contributed by atoms with Crippen molar-refractivity contribution >= 4 is 23.5 Å². The Morgan fingerprint density at radius 3 is 2.20 bits per heavy atom. The van der Waals surface area contributed by atoms with Crippen molar-refractivity contribution in [2.75, 3.05) is 18.5 Å². The van der Waals surface area contributed by atoms with Crippen LogP contribution in [-0.2, 0) is 4.79 Å². The highest BCUT2D eigenvalue weighted by Crippen LogP contribution is 2.31. The molecule has 8 heteroatoms. The number of pyridine rings is 1. The second-order valence-electron chi connectivity index (χ2n) is 8.84. The summed E-state index contributed by atoms with van der Waals surface area (Å²) in [5, 5.41) is 12.5. The van der Waals surface area contributed by atoms with Gasteiger partial charge in [0.15, 0.2) is 17.3 Å². The van der Waals surface area contributed by atoms with Crippen molar-refractivity contribution in [1.82, 2.24) is 4.98 Å². The smallest absolute Gasteiger partial charge is 0.336 e. The molecule has 3 aromatic carbocycles. The topological polar surface area (TPSA) is 115 Å². The number of benzene rings is 3. The van der Waals surface area contributed by atoms with Gasteiger partial charge in [0.2, 0.25) is 5.91 Å². The van der Waals surface area contributed by atoms with E-state index in [-0.39, 0.29) is 35.9 Å². The zero-order valence-corrected chi connectivity index (χ0v) is 22.3. The maximum atomic E-state index is 12.9. The number of ketones is 1. The predicted molar refractivity (Wildman–Crippen MR) is 153 cm³/mol. The molecule has 0 bridgehead atoms. The van der Waals surface area contributed by atoms with Gasteiger partial charge in [0.25, 0.3) is 0 Å². The van der Waals surface area contributed by atoms with Crippen molar-refractivity contribution in [1.29, 1.82) is 0 Å². The largest absolute Gasteiger partial charge is 0.490 e. The van der Waals surface area contributed by atoms with Crippen LogP contribution in [0.2, 0.25) is 0 Å². The van der Waals surface area contributed by atoms with Crippen LogP contribution in [-0.4, -0.2) is 41.0 Å². The number of ether oxygens (including phenoxy) is 2. The highest BCUT2D eigenvalue weighted by atomic mass is 16.5. The number of hydrogen-bond acceptors (Lipinski definition) is 6. The number of nitrogens with zero attached hydrogens (tertiary/aromatic N) is 1. The SMILES string of the molecule is CCOc1ccc(C(=O)CCC(=O)Nc2cc(-c3ccccc3C(=O)O)cc(-c3ccccc3)n2)cc1OCC. The Balaban J connectivity index is 1.55. The summed E-state index contributed by atoms with van der Waals surface area (Å²) in [6.45, 7) is 4.61. The number of nitrogens with one attached hydrogen (secondary N) is 1. The molecule has 0 atom stereocenters. The lowest BCUT2D eigenvalue weighted by Crippen LogP contribution is -2.15. The molecular formula is C32H30N2O6. The quantitative estimate of drug-likeness (QED) is 0.198. The molecule has 0 saturated heterocycles. The minimum Gasteiger partial charge on any atom is -0.490 e. The van der Waals surface area contributed by atoms with E-state index in [0.29, 0.717) is 47.1 Å². The van der Waals surface area contributed by atoms with Gasteiger partial charge in [-0.15, -0.1) is 0 Å². The molecule has 1 amide bonds. The fourth-order valence-corrected chi connectivity index (χ4v) is 4.23. The van der Waals surface area contributed by atoms with E-state index in [1.54, 1.807) is 48.5 Å². The van der Waals surface area contributed by atoms with Crippen LogP contribution in [0.25, 0.3) is 22.4 Å². The van der Waals surface area contributed by atoms with E-state index in [1.807, 2.05) is 44.2 Å². The lowest BCUT2D eigenvalue weighted by atomic mass is 9.98. The molecule has 1 aromatic heterocycles. The molecule has 8 nitrogen and oxygen atoms in total. The summed E-state index contributed by atoms with van der Waals surface area (Å²) in [5.74, 6) is -0.354. The van der Waals surface area contributed by atoms with Crippen LogP contribution in [0.1, 0.15) is 47.4 Å². The molecular weight excluding hydrogens is 508 g/mol. The van der Waals surface area contributed by atoms with E-state index in [9.17, 15) is 19.5 Å². The number of carbonyl (C=O) groups is 3. The lowest BCUT2D eigenvalue weighted by Gasteiger charge is -2.13. The minimum absolute atomic E-state index is 0.0154. The van der Waals surface area contributed by atoms with Crippen LogP contribution in [0.15, 0.2) is 84.9 Å². The van der Waals surface area contributed by atoms with E-state index in [4.69, 9.17) is 9.47 Å². The third-order valence-corrected chi connectivity index (χ3v) is 6.08. The molecule has 40 heavy (non-hydrogen) atoms. The number of rotatable bonds is 12. The summed E-state index contributed by atoms with van der Waals surface area (Å²) in [5.41, 5.74) is 3.04. The lowest BCUT2D eigenvalue weighted by molar-refractivity contribution is -0.116. The summed E-state index contributed by atoms with van der Waals surface area (Å²) in [6, 6.07) is 24.5. The Labute approximate surface area is 232 Å². The standard InChI is InChI=1S/C32H30N2O6/c1-3-39-28-16-14-22(19-29(28)40-4-2)27(35)15-17-31(36)34-30-20-23(24-12-8-9-13-25(24)32(37)38)18-26(33-30)21-10-6-5-7-11-21/h5-14,16,18-20H,3-4,15,17H2,1-2H3,(H,37,38)(H,33,34,36). The van der Waals surface area contributed by atoms with E-state index >= 15 is 0 Å². The van der Waals surface area contributed by atoms with Gasteiger partial charge in [-0.05, 0) is 61.4 Å². The fourth-order valence-electron chi connectivity index (χ4n) is 4.23. The Morgan fingerprint density at radius 1 is 0.775 bits per heavy atom. The zero-order valence-electron chi connectivity index (χ0n) is 22.3. The third-order valence-electron chi connectivity index (χ3n) is 6.08. The number of carboxylic acid groups (broad SMARTS) is 1. The number of aromatic nitrogens is 1. The average molecular weight is 539 g/mol. The zero-order chi connectivity index (χ0) is 28.5. The van der Waals surface area contributed by atoms with Crippen LogP contribution in [0.3, 0.4) is 0 Å². The van der Waals surface area contributed by atoms with E-state index in [2.05, 4.69) is 10.3 Å². The number of amides is 1. The van der Waals surface area contributed by atoms with Crippen LogP contribution in [0.5, 0.6) is 11.5 Å². The van der Waals surface area contributed by atoms with Crippen LogP contribution in [0.4, 0.5) is 5.82 Å². The molecule has 2 N–H and O–H groups in total. The second kappa shape index (κ2) is 13.2. The molecule has 0 spiro atoms. The number of Topliss-reactive ketones (excluding diaryl/α,β-unsaturated/α-hetero) is 1. The molecule has 4 aromatic rings. The number of anilines is 1. The molecule has 4 rings (SSSR count). The third kappa shape index (κ3) is 6.91. The first-order valence-electron chi connectivity index (χ1n) is 13.0. The number of carboxylic acids is 1. The number of hydrogen-bond donors (Lipinski definition) is 2. The maximum Gasteiger partial charge on any atom is 0.336 e. The molecule has 0 aliphatic heterocycles. The highest BCUT2D eigenvalue weighted by molar-refractivity contribution is 6.01. The Bertz CT molecular complexity index is 1520. The predicted octanol–water partition coefficient (Wildman–Crippen LogP) is 6.51. The van der Waals surface area contributed by atoms with Crippen molar-refractivity contribution in [2.24, 2.45) is 0 Å². The van der Waals surface area contributed by atoms with Gasteiger partial charge < -0.3 is 19.9 Å². The molecule has 0 aliphatic rings. The van der Waals surface area contributed by atoms with Crippen molar-refractivity contribution in [3.63, 3.8) is 0 Å². The number of aromatic carboxylic acids is 1. The minimum atomic E-state index is -1.06. The highest BCUT2D eigenvalue weighted by Gasteiger charge is 2.17. The Morgan fingerprint density at radius 2 is 1.48 bits per heavy atom. The first-order valence-corrected chi connectivity index (χ1v) is 13.0. The van der Waals surface area contributed by atoms with Crippen molar-refractivity contribution < 1.29 is 29.0 Å². The molecule has 0 fully saturated rings. The van der Waals surface area contributed by atoms with Gasteiger partial charge in [-0.25, -0.2) is 9.78 Å². The van der Waals surface area contributed by atoms with Gasteiger partial charge in [-0.3, -0.25) is 9.59 Å². The normalized spacial score (nSPS) is 10.6. The first-order chi connectivity index (χ1) is 19.4. The summed E-state index contributed by atoms with van der Waals surface area (Å²) in [6.07, 6.45) is -0.0766. The van der Waals surface area contributed by atoms with Gasteiger partial charge >= 0.3 is 5.97 Å². The fraction of sp³-hybridized carbons (Fsp3) is 0.188. The summed E-state index contributed by atoms with van der Waals surface area (Å²) in [7, 11) is 0. The van der Waals surface area contributed by atoms with Crippen molar-refractivity contribution in [3.8, 4) is 33.9 Å². The Hall–Kier alpha value is -4.98. The van der Waals surface area contributed by atoms with Crippen LogP contribution in [0, 0.1) is 0 Å². The molecule has 204 valence electrons. The van der Waals surface area contributed by atoms with E-state index in [1.165, 1.54) is 6.07 Å². The Kier molecular flexibility index (Phi) is 9.25. The molecule has 1 heterocycles. The van der Waals surface area contributed by atoms with Crippen molar-refractivity contribution in [2.45, 2.75) is 26.7 Å². The molecule has 0 saturated carbocycles. The van der Waals surface area contributed by atoms with Gasteiger partial charge in [0, 0.05) is 24.0 Å². The molecule has 0 unspecified atom stereocenters. The average Bonchev–Trinajstić information content (AvgIpc) is 2.97. The van der Waals surface area contributed by atoms with Crippen LogP contribution >= 0.6 is 0 Å².